The third-order valence-corrected chi connectivity index (χ3v) is 3.57. The predicted octanol–water partition coefficient (Wildman–Crippen LogP) is 2.83. The second-order valence-electron chi connectivity index (χ2n) is 5.64. The molecule has 24 heavy (non-hydrogen) atoms. The number of hydrogen-bond donors (Lipinski definition) is 3. The molecule has 126 valence electrons. The second-order valence-corrected chi connectivity index (χ2v) is 5.64. The predicted molar refractivity (Wildman–Crippen MR) is 94.9 cm³/mol. The quantitative estimate of drug-likeness (QED) is 0.711. The van der Waals surface area contributed by atoms with Gasteiger partial charge in [-0.1, -0.05) is 25.5 Å². The van der Waals surface area contributed by atoms with Crippen molar-refractivity contribution >= 4 is 23.2 Å². The van der Waals surface area contributed by atoms with Gasteiger partial charge in [-0.25, -0.2) is 0 Å². The lowest BCUT2D eigenvalue weighted by Gasteiger charge is -2.12. The van der Waals surface area contributed by atoms with Crippen LogP contribution in [0.15, 0.2) is 42.6 Å². The van der Waals surface area contributed by atoms with Crippen LogP contribution in [0.25, 0.3) is 0 Å². The molecular formula is C18H22N4O2. The summed E-state index contributed by atoms with van der Waals surface area (Å²) in [7, 11) is 0. The van der Waals surface area contributed by atoms with Gasteiger partial charge in [0.2, 0.25) is 0 Å². The number of carbonyl (C=O) groups excluding carboxylic acids is 2. The summed E-state index contributed by atoms with van der Waals surface area (Å²) in [6.45, 7) is 4.03. The highest BCUT2D eigenvalue weighted by molar-refractivity contribution is 6.04. The number of carbonyl (C=O) groups is 2. The normalized spacial score (nSPS) is 11.6. The third kappa shape index (κ3) is 4.55. The van der Waals surface area contributed by atoms with Crippen LogP contribution in [-0.2, 0) is 0 Å². The van der Waals surface area contributed by atoms with E-state index < -0.39 is 0 Å². The zero-order valence-corrected chi connectivity index (χ0v) is 13.9. The first-order valence-electron chi connectivity index (χ1n) is 7.94. The van der Waals surface area contributed by atoms with Crippen molar-refractivity contribution in [2.75, 3.05) is 11.1 Å². The Morgan fingerprint density at radius 2 is 1.92 bits per heavy atom. The van der Waals surface area contributed by atoms with E-state index in [-0.39, 0.29) is 23.6 Å². The lowest BCUT2D eigenvalue weighted by atomic mass is 10.1. The smallest absolute Gasteiger partial charge is 0.274 e. The average Bonchev–Trinajstić information content (AvgIpc) is 2.57. The van der Waals surface area contributed by atoms with E-state index in [1.54, 1.807) is 30.3 Å². The molecule has 4 N–H and O–H groups in total. The number of aromatic nitrogens is 1. The maximum Gasteiger partial charge on any atom is 0.274 e. The topological polar surface area (TPSA) is 97.1 Å². The molecule has 1 aromatic carbocycles. The minimum Gasteiger partial charge on any atom is -0.397 e. The average molecular weight is 326 g/mol. The molecule has 1 atom stereocenters. The lowest BCUT2D eigenvalue weighted by molar-refractivity contribution is 0.0936. The second kappa shape index (κ2) is 8.10. The fourth-order valence-corrected chi connectivity index (χ4v) is 2.27. The van der Waals surface area contributed by atoms with E-state index in [1.165, 1.54) is 12.3 Å². The molecule has 0 fully saturated rings. The number of para-hydroxylation sites is 2. The van der Waals surface area contributed by atoms with Crippen molar-refractivity contribution in [3.8, 4) is 0 Å². The van der Waals surface area contributed by atoms with E-state index in [1.807, 2.05) is 6.92 Å². The summed E-state index contributed by atoms with van der Waals surface area (Å²) in [5.74, 6) is -0.568. The summed E-state index contributed by atoms with van der Waals surface area (Å²) in [6.07, 6.45) is 3.32. The maximum atomic E-state index is 12.2. The Balaban J connectivity index is 2.02. The largest absolute Gasteiger partial charge is 0.397 e. The summed E-state index contributed by atoms with van der Waals surface area (Å²) in [5, 5.41) is 5.59. The number of amides is 2. The molecule has 1 heterocycles. The van der Waals surface area contributed by atoms with Gasteiger partial charge in [0.1, 0.15) is 5.69 Å². The summed E-state index contributed by atoms with van der Waals surface area (Å²) < 4.78 is 0. The Kier molecular flexibility index (Phi) is 5.89. The standard InChI is InChI=1S/C18H22N4O2/c1-3-6-12(2)21-17(23)13-9-10-16(20-11-13)18(24)22-15-8-5-4-7-14(15)19/h4-5,7-12H,3,6,19H2,1-2H3,(H,21,23)(H,22,24). The monoisotopic (exact) mass is 326 g/mol. The summed E-state index contributed by atoms with van der Waals surface area (Å²) >= 11 is 0. The Bertz CT molecular complexity index is 713. The van der Waals surface area contributed by atoms with Gasteiger partial charge < -0.3 is 16.4 Å². The number of nitrogen functional groups attached to an aromatic ring is 1. The van der Waals surface area contributed by atoms with E-state index in [0.717, 1.165) is 12.8 Å². The minimum absolute atomic E-state index is 0.103. The molecule has 6 nitrogen and oxygen atoms in total. The van der Waals surface area contributed by atoms with Crippen molar-refractivity contribution in [3.63, 3.8) is 0 Å². The molecule has 1 unspecified atom stereocenters. The highest BCUT2D eigenvalue weighted by atomic mass is 16.2. The molecule has 0 aliphatic rings. The van der Waals surface area contributed by atoms with Gasteiger partial charge in [0.15, 0.2) is 0 Å². The van der Waals surface area contributed by atoms with Gasteiger partial charge in [0.25, 0.3) is 11.8 Å². The molecule has 2 aromatic rings. The van der Waals surface area contributed by atoms with Gasteiger partial charge in [-0.05, 0) is 37.6 Å². The highest BCUT2D eigenvalue weighted by Crippen LogP contribution is 2.17. The summed E-state index contributed by atoms with van der Waals surface area (Å²) in [5.41, 5.74) is 7.44. The van der Waals surface area contributed by atoms with Gasteiger partial charge in [-0.15, -0.1) is 0 Å². The van der Waals surface area contributed by atoms with Gasteiger partial charge in [0, 0.05) is 12.2 Å². The molecule has 2 rings (SSSR count). The fraction of sp³-hybridized carbons (Fsp3) is 0.278. The van der Waals surface area contributed by atoms with Gasteiger partial charge in [0.05, 0.1) is 16.9 Å². The zero-order chi connectivity index (χ0) is 17.5. The van der Waals surface area contributed by atoms with Gasteiger partial charge in [-0.3, -0.25) is 14.6 Å². The molecule has 0 spiro atoms. The van der Waals surface area contributed by atoms with Crippen molar-refractivity contribution in [1.29, 1.82) is 0 Å². The van der Waals surface area contributed by atoms with E-state index in [0.29, 0.717) is 16.9 Å². The van der Waals surface area contributed by atoms with E-state index >= 15 is 0 Å². The molecule has 0 aliphatic carbocycles. The Labute approximate surface area is 141 Å². The molecule has 0 saturated carbocycles. The Hall–Kier alpha value is -2.89. The van der Waals surface area contributed by atoms with Crippen LogP contribution >= 0.6 is 0 Å². The fourth-order valence-electron chi connectivity index (χ4n) is 2.27. The summed E-state index contributed by atoms with van der Waals surface area (Å²) in [4.78, 5) is 28.3. The number of pyridine rings is 1. The zero-order valence-electron chi connectivity index (χ0n) is 13.9. The number of hydrogen-bond acceptors (Lipinski definition) is 4. The molecule has 0 radical (unpaired) electrons. The first-order chi connectivity index (χ1) is 11.5. The molecule has 0 bridgehead atoms. The number of benzene rings is 1. The maximum absolute atomic E-state index is 12.2. The van der Waals surface area contributed by atoms with E-state index in [9.17, 15) is 9.59 Å². The van der Waals surface area contributed by atoms with Crippen LogP contribution in [0, 0.1) is 0 Å². The van der Waals surface area contributed by atoms with Crippen molar-refractivity contribution in [1.82, 2.24) is 10.3 Å². The van der Waals surface area contributed by atoms with Crippen LogP contribution in [0.5, 0.6) is 0 Å². The first kappa shape index (κ1) is 17.5. The Morgan fingerprint density at radius 1 is 1.17 bits per heavy atom. The molecule has 0 saturated heterocycles. The van der Waals surface area contributed by atoms with E-state index in [2.05, 4.69) is 22.5 Å². The Morgan fingerprint density at radius 3 is 2.54 bits per heavy atom. The number of nitrogens with two attached hydrogens (primary N) is 1. The number of rotatable bonds is 6. The van der Waals surface area contributed by atoms with Crippen LogP contribution in [0.2, 0.25) is 0 Å². The SMILES string of the molecule is CCCC(C)NC(=O)c1ccc(C(=O)Nc2ccccc2N)nc1. The van der Waals surface area contributed by atoms with Crippen molar-refractivity contribution in [3.05, 3.63) is 53.9 Å². The number of nitrogens with one attached hydrogen (secondary N) is 2. The molecular weight excluding hydrogens is 304 g/mol. The summed E-state index contributed by atoms with van der Waals surface area (Å²) in [6, 6.07) is 10.2. The minimum atomic E-state index is -0.376. The molecule has 0 aliphatic heterocycles. The van der Waals surface area contributed by atoms with E-state index in [4.69, 9.17) is 5.73 Å². The number of nitrogens with zero attached hydrogens (tertiary/aromatic N) is 1. The molecule has 6 heteroatoms. The first-order valence-corrected chi connectivity index (χ1v) is 7.94. The molecule has 2 amide bonds. The van der Waals surface area contributed by atoms with Gasteiger partial charge >= 0.3 is 0 Å². The highest BCUT2D eigenvalue weighted by Gasteiger charge is 2.13. The molecule has 1 aromatic heterocycles. The lowest BCUT2D eigenvalue weighted by Crippen LogP contribution is -2.32. The van der Waals surface area contributed by atoms with Crippen LogP contribution in [-0.4, -0.2) is 22.8 Å². The third-order valence-electron chi connectivity index (χ3n) is 3.57. The van der Waals surface area contributed by atoms with Crippen LogP contribution in [0.4, 0.5) is 11.4 Å². The van der Waals surface area contributed by atoms with Crippen LogP contribution in [0.1, 0.15) is 47.5 Å². The van der Waals surface area contributed by atoms with Crippen molar-refractivity contribution in [2.45, 2.75) is 32.7 Å². The van der Waals surface area contributed by atoms with Crippen LogP contribution < -0.4 is 16.4 Å². The van der Waals surface area contributed by atoms with Crippen molar-refractivity contribution < 1.29 is 9.59 Å². The van der Waals surface area contributed by atoms with Crippen LogP contribution in [0.3, 0.4) is 0 Å². The van der Waals surface area contributed by atoms with Crippen molar-refractivity contribution in [2.24, 2.45) is 0 Å². The number of anilines is 2. The van der Waals surface area contributed by atoms with Gasteiger partial charge in [-0.2, -0.15) is 0 Å².